The molecule has 0 bridgehead atoms. The number of rotatable bonds is 4. The van der Waals surface area contributed by atoms with Crippen LogP contribution in [0.15, 0.2) is 0 Å². The van der Waals surface area contributed by atoms with E-state index in [1.54, 1.807) is 0 Å². The lowest BCUT2D eigenvalue weighted by Crippen LogP contribution is -2.63. The molecule has 2 heterocycles. The van der Waals surface area contributed by atoms with Crippen molar-refractivity contribution in [3.05, 3.63) is 0 Å². The Morgan fingerprint density at radius 3 is 1.88 bits per heavy atom. The minimum atomic E-state index is -1.91. The summed E-state index contributed by atoms with van der Waals surface area (Å²) in [6.45, 7) is -0.502. The van der Waals surface area contributed by atoms with Gasteiger partial charge < -0.3 is 50.0 Å². The van der Waals surface area contributed by atoms with Crippen molar-refractivity contribution in [2.24, 2.45) is 0 Å². The van der Waals surface area contributed by atoms with Crippen LogP contribution in [-0.4, -0.2) is 109 Å². The monoisotopic (exact) mass is 354 g/mol. The maximum absolute atomic E-state index is 11.0. The molecular weight excluding hydrogens is 336 g/mol. The van der Waals surface area contributed by atoms with Gasteiger partial charge in [-0.05, 0) is 0 Å². The van der Waals surface area contributed by atoms with Crippen LogP contribution in [0.25, 0.3) is 0 Å². The summed E-state index contributed by atoms with van der Waals surface area (Å²) in [6.07, 6.45) is -15.9. The molecule has 24 heavy (non-hydrogen) atoms. The number of aliphatic carboxylic acids is 2. The fraction of sp³-hybridized carbons (Fsp3) is 0.833. The standard InChI is InChI=1S/C12H18O12/c13-3-2(1-22-8(5(3)15)10(18)19)23-12-7(17)4(14)6(16)9(24-12)11(20)21/h2-9,12-17H,1H2,(H,18,19)(H,20,21). The van der Waals surface area contributed by atoms with Crippen molar-refractivity contribution < 1.29 is 59.5 Å². The highest BCUT2D eigenvalue weighted by molar-refractivity contribution is 5.73. The van der Waals surface area contributed by atoms with Crippen LogP contribution >= 0.6 is 0 Å². The van der Waals surface area contributed by atoms with Gasteiger partial charge in [0.25, 0.3) is 0 Å². The van der Waals surface area contributed by atoms with Gasteiger partial charge in [-0.2, -0.15) is 0 Å². The van der Waals surface area contributed by atoms with Crippen molar-refractivity contribution in [2.45, 2.75) is 55.1 Å². The van der Waals surface area contributed by atoms with Gasteiger partial charge in [-0.25, -0.2) is 9.59 Å². The molecule has 7 N–H and O–H groups in total. The summed E-state index contributed by atoms with van der Waals surface area (Å²) in [6, 6.07) is 0. The van der Waals surface area contributed by atoms with Crippen molar-refractivity contribution in [3.8, 4) is 0 Å². The number of aliphatic hydroxyl groups excluding tert-OH is 5. The molecule has 2 aliphatic rings. The zero-order valence-electron chi connectivity index (χ0n) is 12.1. The molecular formula is C12H18O12. The van der Waals surface area contributed by atoms with Gasteiger partial charge in [0.2, 0.25) is 0 Å². The molecule has 0 spiro atoms. The lowest BCUT2D eigenvalue weighted by atomic mass is 9.97. The second-order valence-corrected chi connectivity index (χ2v) is 5.48. The molecule has 2 rings (SSSR count). The second kappa shape index (κ2) is 7.25. The zero-order valence-corrected chi connectivity index (χ0v) is 12.1. The average Bonchev–Trinajstić information content (AvgIpc) is 2.51. The Morgan fingerprint density at radius 1 is 0.792 bits per heavy atom. The van der Waals surface area contributed by atoms with Crippen LogP contribution in [0, 0.1) is 0 Å². The van der Waals surface area contributed by atoms with Crippen molar-refractivity contribution >= 4 is 11.9 Å². The highest BCUT2D eigenvalue weighted by atomic mass is 16.7. The van der Waals surface area contributed by atoms with E-state index in [2.05, 4.69) is 0 Å². The summed E-state index contributed by atoms with van der Waals surface area (Å²) >= 11 is 0. The van der Waals surface area contributed by atoms with Crippen molar-refractivity contribution in [3.63, 3.8) is 0 Å². The van der Waals surface area contributed by atoms with Gasteiger partial charge in [-0.1, -0.05) is 0 Å². The maximum Gasteiger partial charge on any atom is 0.335 e. The van der Waals surface area contributed by atoms with E-state index in [0.29, 0.717) is 0 Å². The second-order valence-electron chi connectivity index (χ2n) is 5.48. The van der Waals surface area contributed by atoms with Gasteiger partial charge >= 0.3 is 11.9 Å². The van der Waals surface area contributed by atoms with Gasteiger partial charge in [0.1, 0.15) is 36.6 Å². The Hall–Kier alpha value is -1.38. The Kier molecular flexibility index (Phi) is 5.72. The van der Waals surface area contributed by atoms with E-state index in [-0.39, 0.29) is 0 Å². The largest absolute Gasteiger partial charge is 0.479 e. The molecule has 2 saturated heterocycles. The fourth-order valence-corrected chi connectivity index (χ4v) is 2.47. The zero-order chi connectivity index (χ0) is 18.2. The van der Waals surface area contributed by atoms with Crippen LogP contribution in [0.3, 0.4) is 0 Å². The summed E-state index contributed by atoms with van der Waals surface area (Å²) < 4.78 is 14.8. The number of ether oxygens (including phenoxy) is 3. The minimum Gasteiger partial charge on any atom is -0.479 e. The van der Waals surface area contributed by atoms with E-state index >= 15 is 0 Å². The third-order valence-electron chi connectivity index (χ3n) is 3.85. The lowest BCUT2D eigenvalue weighted by molar-refractivity contribution is -0.324. The summed E-state index contributed by atoms with van der Waals surface area (Å²) in [5.41, 5.74) is 0. The number of hydrogen-bond acceptors (Lipinski definition) is 10. The minimum absolute atomic E-state index is 0.502. The molecule has 9 unspecified atom stereocenters. The molecule has 0 amide bonds. The van der Waals surface area contributed by atoms with E-state index in [0.717, 1.165) is 0 Å². The SMILES string of the molecule is O=C(O)C1OCC(OC2OC(C(=O)O)C(O)C(O)C2O)C(O)C1O. The van der Waals surface area contributed by atoms with Crippen LogP contribution in [0.2, 0.25) is 0 Å². The summed E-state index contributed by atoms with van der Waals surface area (Å²) in [5, 5.41) is 66.3. The van der Waals surface area contributed by atoms with Gasteiger partial charge in [0.05, 0.1) is 6.61 Å². The van der Waals surface area contributed by atoms with E-state index in [1.807, 2.05) is 0 Å². The van der Waals surface area contributed by atoms with E-state index in [9.17, 15) is 35.1 Å². The number of carboxylic acids is 2. The normalized spacial score (nSPS) is 46.5. The van der Waals surface area contributed by atoms with Gasteiger partial charge in [-0.3, -0.25) is 0 Å². The van der Waals surface area contributed by atoms with Crippen molar-refractivity contribution in [1.82, 2.24) is 0 Å². The molecule has 0 saturated carbocycles. The van der Waals surface area contributed by atoms with Gasteiger partial charge in [0, 0.05) is 0 Å². The predicted octanol–water partition coefficient (Wildman–Crippen LogP) is -4.53. The first kappa shape index (κ1) is 19.0. The third-order valence-corrected chi connectivity index (χ3v) is 3.85. The first-order valence-corrected chi connectivity index (χ1v) is 6.93. The van der Waals surface area contributed by atoms with Crippen molar-refractivity contribution in [1.29, 1.82) is 0 Å². The van der Waals surface area contributed by atoms with Crippen LogP contribution < -0.4 is 0 Å². The van der Waals surface area contributed by atoms with Crippen LogP contribution in [-0.2, 0) is 23.8 Å². The first-order valence-electron chi connectivity index (χ1n) is 6.93. The Balaban J connectivity index is 2.07. The molecule has 138 valence electrons. The van der Waals surface area contributed by atoms with Gasteiger partial charge in [-0.15, -0.1) is 0 Å². The molecule has 0 radical (unpaired) electrons. The molecule has 2 aliphatic heterocycles. The summed E-state index contributed by atoms with van der Waals surface area (Å²) in [4.78, 5) is 21.8. The number of hydrogen-bond donors (Lipinski definition) is 7. The molecule has 0 aromatic rings. The maximum atomic E-state index is 11.0. The summed E-state index contributed by atoms with van der Waals surface area (Å²) in [7, 11) is 0. The van der Waals surface area contributed by atoms with Crippen LogP contribution in [0.5, 0.6) is 0 Å². The van der Waals surface area contributed by atoms with Crippen molar-refractivity contribution in [2.75, 3.05) is 6.61 Å². The molecule has 0 aromatic heterocycles. The summed E-state index contributed by atoms with van der Waals surface area (Å²) in [5.74, 6) is -3.12. The van der Waals surface area contributed by atoms with E-state index < -0.39 is 73.7 Å². The Bertz CT molecular complexity index is 483. The first-order chi connectivity index (χ1) is 11.1. The van der Waals surface area contributed by atoms with Crippen LogP contribution in [0.1, 0.15) is 0 Å². The van der Waals surface area contributed by atoms with Gasteiger partial charge in [0.15, 0.2) is 18.5 Å². The highest BCUT2D eigenvalue weighted by Crippen LogP contribution is 2.26. The third kappa shape index (κ3) is 3.50. The van der Waals surface area contributed by atoms with Crippen LogP contribution in [0.4, 0.5) is 0 Å². The van der Waals surface area contributed by atoms with E-state index in [1.165, 1.54) is 0 Å². The molecule has 0 aromatic carbocycles. The number of carbonyl (C=O) groups is 2. The highest BCUT2D eigenvalue weighted by Gasteiger charge is 2.50. The average molecular weight is 354 g/mol. The quantitative estimate of drug-likeness (QED) is 0.255. The molecule has 9 atom stereocenters. The molecule has 12 heteroatoms. The Labute approximate surface area is 134 Å². The number of aliphatic hydroxyl groups is 5. The Morgan fingerprint density at radius 2 is 1.33 bits per heavy atom. The molecule has 2 fully saturated rings. The molecule has 0 aliphatic carbocycles. The number of carboxylic acid groups (broad SMARTS) is 2. The topological polar surface area (TPSA) is 203 Å². The molecule has 12 nitrogen and oxygen atoms in total. The lowest BCUT2D eigenvalue weighted by Gasteiger charge is -2.42. The smallest absolute Gasteiger partial charge is 0.335 e. The fourth-order valence-electron chi connectivity index (χ4n) is 2.47. The van der Waals surface area contributed by atoms with E-state index in [4.69, 9.17) is 24.4 Å². The predicted molar refractivity (Wildman–Crippen MR) is 68.6 cm³/mol.